The van der Waals surface area contributed by atoms with E-state index in [1.807, 2.05) is 0 Å². The van der Waals surface area contributed by atoms with E-state index in [-0.39, 0.29) is 6.10 Å². The van der Waals surface area contributed by atoms with E-state index in [0.29, 0.717) is 5.92 Å². The Labute approximate surface area is 111 Å². The Morgan fingerprint density at radius 3 is 2.78 bits per heavy atom. The zero-order valence-electron chi connectivity index (χ0n) is 11.4. The van der Waals surface area contributed by atoms with Gasteiger partial charge in [0.25, 0.3) is 0 Å². The summed E-state index contributed by atoms with van der Waals surface area (Å²) in [6.07, 6.45) is 14.7. The van der Waals surface area contributed by atoms with Crippen molar-refractivity contribution in [2.75, 3.05) is 0 Å². The van der Waals surface area contributed by atoms with Crippen LogP contribution in [0.2, 0.25) is 0 Å². The predicted octanol–water partition coefficient (Wildman–Crippen LogP) is 3.92. The summed E-state index contributed by atoms with van der Waals surface area (Å²) in [7, 11) is 0. The van der Waals surface area contributed by atoms with Crippen molar-refractivity contribution in [1.82, 2.24) is 0 Å². The van der Waals surface area contributed by atoms with Crippen LogP contribution in [0.3, 0.4) is 0 Å². The van der Waals surface area contributed by atoms with Crippen molar-refractivity contribution in [2.24, 2.45) is 29.6 Å². The second-order valence-electron chi connectivity index (χ2n) is 7.25. The van der Waals surface area contributed by atoms with Crippen molar-refractivity contribution in [1.29, 1.82) is 0 Å². The third-order valence-corrected chi connectivity index (χ3v) is 6.63. The van der Waals surface area contributed by atoms with Crippen LogP contribution < -0.4 is 0 Å². The van der Waals surface area contributed by atoms with Gasteiger partial charge in [-0.2, -0.15) is 0 Å². The Hall–Kier alpha value is -0.300. The molecule has 0 aromatic heterocycles. The number of aliphatic hydroxyl groups excluding tert-OH is 1. The molecule has 3 saturated carbocycles. The normalized spacial score (nSPS) is 51.1. The van der Waals surface area contributed by atoms with E-state index in [1.54, 1.807) is 5.57 Å². The fraction of sp³-hybridized carbons (Fsp3) is 0.882. The summed E-state index contributed by atoms with van der Waals surface area (Å²) >= 11 is 0. The standard InChI is InChI=1S/C17H26O/c18-16-6-2-4-12-8-9-14-13-5-1-3-11(13)7-10-15(14)17(12)16/h4,11,13-18H,1-3,5-10H2/t11-,13+,14-,15-,16-,17-/m0/s1. The molecule has 0 saturated heterocycles. The first-order valence-corrected chi connectivity index (χ1v) is 8.21. The van der Waals surface area contributed by atoms with Gasteiger partial charge in [0.2, 0.25) is 0 Å². The van der Waals surface area contributed by atoms with Crippen LogP contribution in [0.1, 0.15) is 57.8 Å². The van der Waals surface area contributed by atoms with Gasteiger partial charge in [0, 0.05) is 5.92 Å². The number of allylic oxidation sites excluding steroid dienone is 1. The molecule has 100 valence electrons. The Bertz CT molecular complexity index is 359. The molecule has 0 unspecified atom stereocenters. The molecule has 0 heterocycles. The third-order valence-electron chi connectivity index (χ3n) is 6.63. The van der Waals surface area contributed by atoms with Crippen LogP contribution in [0.25, 0.3) is 0 Å². The molecule has 4 aliphatic rings. The second kappa shape index (κ2) is 4.37. The van der Waals surface area contributed by atoms with E-state index >= 15 is 0 Å². The quantitative estimate of drug-likeness (QED) is 0.642. The van der Waals surface area contributed by atoms with Crippen molar-refractivity contribution in [3.63, 3.8) is 0 Å². The minimum absolute atomic E-state index is 0.0178. The van der Waals surface area contributed by atoms with Gasteiger partial charge < -0.3 is 5.11 Å². The number of fused-ring (bicyclic) bond motifs is 5. The van der Waals surface area contributed by atoms with Gasteiger partial charge in [-0.1, -0.05) is 24.5 Å². The molecule has 0 bridgehead atoms. The molecule has 0 amide bonds. The molecule has 0 aliphatic heterocycles. The van der Waals surface area contributed by atoms with Gasteiger partial charge in [0.15, 0.2) is 0 Å². The molecular weight excluding hydrogens is 220 g/mol. The molecule has 4 aliphatic carbocycles. The van der Waals surface area contributed by atoms with Crippen LogP contribution in [-0.4, -0.2) is 11.2 Å². The lowest BCUT2D eigenvalue weighted by Crippen LogP contribution is -2.44. The van der Waals surface area contributed by atoms with Crippen molar-refractivity contribution < 1.29 is 5.11 Å². The molecule has 0 aromatic carbocycles. The first-order chi connectivity index (χ1) is 8.84. The highest BCUT2D eigenvalue weighted by molar-refractivity contribution is 5.19. The number of hydrogen-bond acceptors (Lipinski definition) is 1. The molecule has 18 heavy (non-hydrogen) atoms. The zero-order chi connectivity index (χ0) is 12.1. The van der Waals surface area contributed by atoms with Gasteiger partial charge in [0.1, 0.15) is 0 Å². The number of aliphatic hydroxyl groups is 1. The average Bonchev–Trinajstić information content (AvgIpc) is 2.86. The lowest BCUT2D eigenvalue weighted by Gasteiger charge is -2.50. The summed E-state index contributed by atoms with van der Waals surface area (Å²) in [6, 6.07) is 0. The van der Waals surface area contributed by atoms with Gasteiger partial charge in [0.05, 0.1) is 6.10 Å². The van der Waals surface area contributed by atoms with Crippen LogP contribution >= 0.6 is 0 Å². The van der Waals surface area contributed by atoms with E-state index in [1.165, 1.54) is 44.9 Å². The first kappa shape index (κ1) is 11.5. The van der Waals surface area contributed by atoms with Gasteiger partial charge in [-0.3, -0.25) is 0 Å². The number of rotatable bonds is 0. The maximum atomic E-state index is 10.4. The lowest BCUT2D eigenvalue weighted by atomic mass is 9.55. The Kier molecular flexibility index (Phi) is 2.80. The first-order valence-electron chi connectivity index (χ1n) is 8.21. The van der Waals surface area contributed by atoms with Crippen molar-refractivity contribution >= 4 is 0 Å². The van der Waals surface area contributed by atoms with Gasteiger partial charge in [-0.25, -0.2) is 0 Å². The smallest absolute Gasteiger partial charge is 0.0611 e. The van der Waals surface area contributed by atoms with Crippen LogP contribution in [0.4, 0.5) is 0 Å². The molecule has 4 rings (SSSR count). The second-order valence-corrected chi connectivity index (χ2v) is 7.25. The molecule has 3 fully saturated rings. The molecule has 0 aromatic rings. The van der Waals surface area contributed by atoms with Crippen molar-refractivity contribution in [3.05, 3.63) is 11.6 Å². The maximum Gasteiger partial charge on any atom is 0.0611 e. The fourth-order valence-corrected chi connectivity index (χ4v) is 5.96. The number of hydrogen-bond donors (Lipinski definition) is 1. The Balaban J connectivity index is 1.63. The lowest BCUT2D eigenvalue weighted by molar-refractivity contribution is -0.0102. The molecule has 0 spiro atoms. The highest BCUT2D eigenvalue weighted by Crippen LogP contribution is 2.56. The SMILES string of the molecule is O[C@H]1CCC=C2CC[C@H]3[C@@H]4CCC[C@H]4CC[C@@H]3[C@H]21. The predicted molar refractivity (Wildman–Crippen MR) is 73.1 cm³/mol. The van der Waals surface area contributed by atoms with E-state index in [2.05, 4.69) is 6.08 Å². The van der Waals surface area contributed by atoms with E-state index in [9.17, 15) is 5.11 Å². The van der Waals surface area contributed by atoms with Crippen molar-refractivity contribution in [3.8, 4) is 0 Å². The topological polar surface area (TPSA) is 20.2 Å². The minimum atomic E-state index is -0.0178. The van der Waals surface area contributed by atoms with E-state index < -0.39 is 0 Å². The Morgan fingerprint density at radius 1 is 0.889 bits per heavy atom. The molecule has 1 heteroatoms. The van der Waals surface area contributed by atoms with Crippen LogP contribution in [0.15, 0.2) is 11.6 Å². The third kappa shape index (κ3) is 1.62. The highest BCUT2D eigenvalue weighted by Gasteiger charge is 2.48. The summed E-state index contributed by atoms with van der Waals surface area (Å²) in [4.78, 5) is 0. The fourth-order valence-electron chi connectivity index (χ4n) is 5.96. The summed E-state index contributed by atoms with van der Waals surface area (Å²) < 4.78 is 0. The average molecular weight is 246 g/mol. The monoisotopic (exact) mass is 246 g/mol. The molecule has 1 N–H and O–H groups in total. The Morgan fingerprint density at radius 2 is 1.83 bits per heavy atom. The van der Waals surface area contributed by atoms with E-state index in [4.69, 9.17) is 0 Å². The summed E-state index contributed by atoms with van der Waals surface area (Å²) in [5, 5.41) is 10.4. The van der Waals surface area contributed by atoms with Crippen LogP contribution in [0, 0.1) is 29.6 Å². The minimum Gasteiger partial charge on any atom is -0.392 e. The zero-order valence-corrected chi connectivity index (χ0v) is 11.4. The van der Waals surface area contributed by atoms with Gasteiger partial charge in [-0.15, -0.1) is 0 Å². The highest BCUT2D eigenvalue weighted by atomic mass is 16.3. The van der Waals surface area contributed by atoms with Crippen LogP contribution in [-0.2, 0) is 0 Å². The van der Waals surface area contributed by atoms with Crippen molar-refractivity contribution in [2.45, 2.75) is 63.9 Å². The van der Waals surface area contributed by atoms with Gasteiger partial charge >= 0.3 is 0 Å². The summed E-state index contributed by atoms with van der Waals surface area (Å²) in [5.74, 6) is 4.43. The molecule has 1 nitrogen and oxygen atoms in total. The van der Waals surface area contributed by atoms with Gasteiger partial charge in [-0.05, 0) is 68.6 Å². The molecular formula is C17H26O. The van der Waals surface area contributed by atoms with E-state index in [0.717, 1.165) is 36.5 Å². The largest absolute Gasteiger partial charge is 0.392 e. The molecule has 6 atom stereocenters. The van der Waals surface area contributed by atoms with Crippen LogP contribution in [0.5, 0.6) is 0 Å². The molecule has 0 radical (unpaired) electrons. The summed E-state index contributed by atoms with van der Waals surface area (Å²) in [6.45, 7) is 0. The maximum absolute atomic E-state index is 10.4. The summed E-state index contributed by atoms with van der Waals surface area (Å²) in [5.41, 5.74) is 1.63.